The van der Waals surface area contributed by atoms with E-state index < -0.39 is 0 Å². The maximum atomic E-state index is 6.65. The number of hydrogen-bond donors (Lipinski definition) is 0. The van der Waals surface area contributed by atoms with E-state index in [1.165, 1.54) is 53.1 Å². The van der Waals surface area contributed by atoms with E-state index in [4.69, 9.17) is 23.8 Å². The topological polar surface area (TPSA) is 69.9 Å². The molecule has 70 heavy (non-hydrogen) atoms. The molecule has 15 aromatic rings. The Balaban J connectivity index is 0.921. The van der Waals surface area contributed by atoms with E-state index in [1.807, 2.05) is 84.1 Å². The smallest absolute Gasteiger partial charge is 0.164 e. The van der Waals surface area contributed by atoms with Gasteiger partial charge in [0.2, 0.25) is 0 Å². The summed E-state index contributed by atoms with van der Waals surface area (Å²) in [5.74, 6) is 1.74. The van der Waals surface area contributed by atoms with Crippen LogP contribution in [-0.2, 0) is 0 Å². The molecule has 0 saturated heterocycles. The molecule has 0 bridgehead atoms. The van der Waals surface area contributed by atoms with Crippen LogP contribution in [0.4, 0.5) is 0 Å². The molecule has 0 amide bonds. The highest BCUT2D eigenvalue weighted by Gasteiger charge is 2.21. The van der Waals surface area contributed by atoms with Crippen LogP contribution >= 0.6 is 11.3 Å². The number of furan rings is 2. The van der Waals surface area contributed by atoms with Gasteiger partial charge in [-0.15, -0.1) is 11.3 Å². The van der Waals surface area contributed by atoms with Crippen molar-refractivity contribution in [3.05, 3.63) is 218 Å². The molecule has 5 heterocycles. The third-order valence-corrected chi connectivity index (χ3v) is 15.1. The lowest BCUT2D eigenvalue weighted by Crippen LogP contribution is -2.00. The molecule has 0 aliphatic carbocycles. The van der Waals surface area contributed by atoms with E-state index in [9.17, 15) is 0 Å². The van der Waals surface area contributed by atoms with Crippen LogP contribution in [0.3, 0.4) is 0 Å². The van der Waals surface area contributed by atoms with Crippen molar-refractivity contribution < 1.29 is 8.83 Å². The molecule has 10 aromatic carbocycles. The second kappa shape index (κ2) is 15.2. The Morgan fingerprint density at radius 1 is 0.329 bits per heavy atom. The van der Waals surface area contributed by atoms with Gasteiger partial charge in [-0.2, -0.15) is 0 Å². The van der Waals surface area contributed by atoms with Gasteiger partial charge < -0.3 is 13.4 Å². The first-order chi connectivity index (χ1) is 34.7. The van der Waals surface area contributed by atoms with Gasteiger partial charge in [0.15, 0.2) is 17.5 Å². The van der Waals surface area contributed by atoms with Crippen LogP contribution in [0, 0.1) is 0 Å². The van der Waals surface area contributed by atoms with Gasteiger partial charge in [-0.05, 0) is 108 Å². The van der Waals surface area contributed by atoms with Crippen molar-refractivity contribution in [3.8, 4) is 62.1 Å². The van der Waals surface area contributed by atoms with Gasteiger partial charge in [0.1, 0.15) is 22.3 Å². The number of hydrogen-bond acceptors (Lipinski definition) is 6. The van der Waals surface area contributed by atoms with Crippen molar-refractivity contribution in [3.63, 3.8) is 0 Å². The minimum Gasteiger partial charge on any atom is -0.456 e. The summed E-state index contributed by atoms with van der Waals surface area (Å²) in [6.45, 7) is 0. The zero-order valence-corrected chi connectivity index (χ0v) is 38.1. The van der Waals surface area contributed by atoms with Gasteiger partial charge in [0, 0.05) is 80.4 Å². The van der Waals surface area contributed by atoms with Crippen molar-refractivity contribution in [1.82, 2.24) is 19.5 Å². The number of thiophene rings is 1. The Morgan fingerprint density at radius 3 is 1.80 bits per heavy atom. The van der Waals surface area contributed by atoms with Gasteiger partial charge in [0.05, 0.1) is 11.0 Å². The lowest BCUT2D eigenvalue weighted by Gasteiger charge is -2.11. The molecule has 0 aliphatic rings. The Morgan fingerprint density at radius 2 is 0.929 bits per heavy atom. The van der Waals surface area contributed by atoms with E-state index >= 15 is 0 Å². The van der Waals surface area contributed by atoms with Crippen LogP contribution < -0.4 is 0 Å². The molecule has 5 aromatic heterocycles. The molecule has 0 N–H and O–H groups in total. The molecule has 15 rings (SSSR count). The Bertz CT molecular complexity index is 4600. The van der Waals surface area contributed by atoms with Gasteiger partial charge in [-0.1, -0.05) is 127 Å². The average molecular weight is 913 g/mol. The van der Waals surface area contributed by atoms with Crippen LogP contribution in [0.15, 0.2) is 227 Å². The maximum Gasteiger partial charge on any atom is 0.164 e. The molecule has 7 heteroatoms. The molecule has 326 valence electrons. The number of rotatable bonds is 6. The van der Waals surface area contributed by atoms with Crippen LogP contribution in [0.1, 0.15) is 0 Å². The largest absolute Gasteiger partial charge is 0.456 e. The minimum atomic E-state index is 0.567. The van der Waals surface area contributed by atoms with Crippen molar-refractivity contribution in [1.29, 1.82) is 0 Å². The van der Waals surface area contributed by atoms with Gasteiger partial charge in [0.25, 0.3) is 0 Å². The maximum absolute atomic E-state index is 6.65. The minimum absolute atomic E-state index is 0.567. The van der Waals surface area contributed by atoms with E-state index in [0.29, 0.717) is 17.5 Å². The molecule has 0 saturated carbocycles. The Labute approximate surface area is 404 Å². The fourth-order valence-electron chi connectivity index (χ4n) is 10.6. The number of fused-ring (bicyclic) bond motifs is 12. The first-order valence-electron chi connectivity index (χ1n) is 23.4. The van der Waals surface area contributed by atoms with Crippen LogP contribution in [0.25, 0.3) is 148 Å². The Kier molecular flexibility index (Phi) is 8.43. The van der Waals surface area contributed by atoms with E-state index in [1.54, 1.807) is 0 Å². The zero-order chi connectivity index (χ0) is 45.9. The summed E-state index contributed by atoms with van der Waals surface area (Å²) in [5, 5.41) is 8.96. The second-order valence-corrected chi connectivity index (χ2v) is 18.9. The fourth-order valence-corrected chi connectivity index (χ4v) is 11.8. The fraction of sp³-hybridized carbons (Fsp3) is 0. The van der Waals surface area contributed by atoms with E-state index in [0.717, 1.165) is 77.4 Å². The molecule has 0 radical (unpaired) electrons. The van der Waals surface area contributed by atoms with Gasteiger partial charge in [-0.25, -0.2) is 15.0 Å². The molecule has 0 fully saturated rings. The third-order valence-electron chi connectivity index (χ3n) is 13.8. The summed E-state index contributed by atoms with van der Waals surface area (Å²) in [6.07, 6.45) is 0. The lowest BCUT2D eigenvalue weighted by molar-refractivity contribution is 0.668. The normalized spacial score (nSPS) is 12.0. The van der Waals surface area contributed by atoms with Gasteiger partial charge in [-0.3, -0.25) is 0 Å². The van der Waals surface area contributed by atoms with Crippen LogP contribution in [0.2, 0.25) is 0 Å². The number of benzene rings is 10. The third kappa shape index (κ3) is 6.02. The van der Waals surface area contributed by atoms with E-state index in [2.05, 4.69) is 150 Å². The lowest BCUT2D eigenvalue weighted by atomic mass is 9.94. The predicted octanol–water partition coefficient (Wildman–Crippen LogP) is 17.5. The molecule has 6 nitrogen and oxygen atoms in total. The molecular formula is C63H36N4O2S. The average Bonchev–Trinajstić information content (AvgIpc) is 4.19. The van der Waals surface area contributed by atoms with Crippen molar-refractivity contribution in [2.45, 2.75) is 0 Å². The van der Waals surface area contributed by atoms with Gasteiger partial charge >= 0.3 is 0 Å². The first kappa shape index (κ1) is 38.9. The van der Waals surface area contributed by atoms with Crippen molar-refractivity contribution in [2.75, 3.05) is 0 Å². The summed E-state index contributed by atoms with van der Waals surface area (Å²) in [7, 11) is 0. The Hall–Kier alpha value is -9.17. The SMILES string of the molecule is c1ccc(-c2nc(-c3ccc4oc5ccccc5c4c3)nc(-c3cccc4oc5ccc(-c6cc(-c7ccc8c(c7)c7ccccc7n8-c7ccccc7)c7sc8ccccc8c7c6)cc5c34)n2)cc1. The molecule has 0 unspecified atom stereocenters. The van der Waals surface area contributed by atoms with Crippen LogP contribution in [-0.4, -0.2) is 19.5 Å². The van der Waals surface area contributed by atoms with Crippen molar-refractivity contribution >= 4 is 97.2 Å². The standard InChI is InChI=1S/C63H36N4O2S/c1-3-14-37(15-4-1)61-64-62(40-28-31-55-49(34-40)44-19-8-11-23-54(44)68-55)66-63(65-61)46-21-13-24-57-59(46)51-32-38(27-30-56(51)69-57)41-35-47(60-50(36-41)45-20-9-12-25-58(45)70-60)39-26-29-53-48(33-39)43-18-7-10-22-52(43)67(53)42-16-5-2-6-17-42/h1-36H. The highest BCUT2D eigenvalue weighted by Crippen LogP contribution is 2.46. The summed E-state index contributed by atoms with van der Waals surface area (Å²) in [4.78, 5) is 15.6. The number of aromatic nitrogens is 4. The summed E-state index contributed by atoms with van der Waals surface area (Å²) in [5.41, 5.74) is 14.0. The predicted molar refractivity (Wildman–Crippen MR) is 289 cm³/mol. The highest BCUT2D eigenvalue weighted by molar-refractivity contribution is 7.26. The summed E-state index contributed by atoms with van der Waals surface area (Å²) >= 11 is 1.86. The molecular weight excluding hydrogens is 877 g/mol. The van der Waals surface area contributed by atoms with E-state index in [-0.39, 0.29) is 0 Å². The second-order valence-electron chi connectivity index (χ2n) is 17.9. The monoisotopic (exact) mass is 912 g/mol. The number of para-hydroxylation sites is 3. The summed E-state index contributed by atoms with van der Waals surface area (Å²) in [6, 6.07) is 77.0. The van der Waals surface area contributed by atoms with Crippen molar-refractivity contribution in [2.24, 2.45) is 0 Å². The quantitative estimate of drug-likeness (QED) is 0.166. The summed E-state index contributed by atoms with van der Waals surface area (Å²) < 4.78 is 17.8. The first-order valence-corrected chi connectivity index (χ1v) is 24.2. The number of nitrogens with zero attached hydrogens (tertiary/aromatic N) is 4. The molecule has 0 spiro atoms. The highest BCUT2D eigenvalue weighted by atomic mass is 32.1. The molecule has 0 atom stereocenters. The zero-order valence-electron chi connectivity index (χ0n) is 37.3. The molecule has 0 aliphatic heterocycles. The van der Waals surface area contributed by atoms with Crippen LogP contribution in [0.5, 0.6) is 0 Å².